The van der Waals surface area contributed by atoms with E-state index in [0.29, 0.717) is 30.2 Å². The minimum Gasteiger partial charge on any atom is -0.493 e. The number of amides is 1. The maximum absolute atomic E-state index is 12.9. The van der Waals surface area contributed by atoms with Crippen molar-refractivity contribution in [3.8, 4) is 17.2 Å². The van der Waals surface area contributed by atoms with Crippen molar-refractivity contribution >= 4 is 11.6 Å². The quantitative estimate of drug-likeness (QED) is 0.437. The Morgan fingerprint density at radius 1 is 1.16 bits per heavy atom. The van der Waals surface area contributed by atoms with Gasteiger partial charge < -0.3 is 19.1 Å². The highest BCUT2D eigenvalue weighted by molar-refractivity contribution is 5.77. The Bertz CT molecular complexity index is 928. The normalized spacial score (nSPS) is 15.2. The zero-order chi connectivity index (χ0) is 22.4. The Hall–Kier alpha value is -3.29. The molecule has 1 aliphatic rings. The lowest BCUT2D eigenvalue weighted by Crippen LogP contribution is -2.42. The van der Waals surface area contributed by atoms with Gasteiger partial charge in [-0.25, -0.2) is 0 Å². The molecule has 0 saturated carbocycles. The van der Waals surface area contributed by atoms with Crippen molar-refractivity contribution in [2.75, 3.05) is 27.4 Å². The number of fused-ring (bicyclic) bond motifs is 1. The average Bonchev–Trinajstić information content (AvgIpc) is 2.79. The lowest BCUT2D eigenvalue weighted by Gasteiger charge is -2.37. The van der Waals surface area contributed by atoms with Crippen molar-refractivity contribution in [3.05, 3.63) is 57.6 Å². The van der Waals surface area contributed by atoms with E-state index in [4.69, 9.17) is 14.2 Å². The predicted molar refractivity (Wildman–Crippen MR) is 116 cm³/mol. The van der Waals surface area contributed by atoms with E-state index in [0.717, 1.165) is 30.4 Å². The number of nitro benzene ring substituents is 1. The minimum absolute atomic E-state index is 0.00330. The van der Waals surface area contributed by atoms with Gasteiger partial charge in [0.1, 0.15) is 12.4 Å². The van der Waals surface area contributed by atoms with Crippen LogP contribution in [0.4, 0.5) is 5.69 Å². The van der Waals surface area contributed by atoms with Gasteiger partial charge in [0.15, 0.2) is 11.5 Å². The number of hydrogen-bond acceptors (Lipinski definition) is 6. The molecule has 2 aromatic rings. The maximum Gasteiger partial charge on any atom is 0.269 e. The van der Waals surface area contributed by atoms with Crippen molar-refractivity contribution in [3.63, 3.8) is 0 Å². The lowest BCUT2D eigenvalue weighted by atomic mass is 9.91. The zero-order valence-corrected chi connectivity index (χ0v) is 18.1. The first-order valence-corrected chi connectivity index (χ1v) is 10.4. The number of carbonyl (C=O) groups excluding carboxylic acids is 1. The Balaban J connectivity index is 1.89. The first-order valence-electron chi connectivity index (χ1n) is 10.4. The number of non-ortho nitro benzene ring substituents is 1. The van der Waals surface area contributed by atoms with Crippen molar-refractivity contribution in [1.29, 1.82) is 0 Å². The van der Waals surface area contributed by atoms with Crippen molar-refractivity contribution < 1.29 is 23.9 Å². The highest BCUT2D eigenvalue weighted by atomic mass is 16.6. The van der Waals surface area contributed by atoms with E-state index >= 15 is 0 Å². The molecule has 31 heavy (non-hydrogen) atoms. The Kier molecular flexibility index (Phi) is 7.33. The summed E-state index contributed by atoms with van der Waals surface area (Å²) < 4.78 is 16.9. The van der Waals surface area contributed by atoms with Gasteiger partial charge in [-0.2, -0.15) is 0 Å². The number of ether oxygens (including phenoxy) is 3. The van der Waals surface area contributed by atoms with Crippen LogP contribution < -0.4 is 14.2 Å². The molecule has 0 aliphatic carbocycles. The van der Waals surface area contributed by atoms with Crippen LogP contribution in [0.25, 0.3) is 0 Å². The van der Waals surface area contributed by atoms with E-state index in [9.17, 15) is 14.9 Å². The Morgan fingerprint density at radius 2 is 1.84 bits per heavy atom. The molecule has 1 amide bonds. The van der Waals surface area contributed by atoms with Crippen LogP contribution in [0.1, 0.15) is 43.4 Å². The summed E-state index contributed by atoms with van der Waals surface area (Å²) in [6.45, 7) is 2.89. The van der Waals surface area contributed by atoms with Gasteiger partial charge >= 0.3 is 0 Å². The number of nitrogens with zero attached hydrogens (tertiary/aromatic N) is 2. The van der Waals surface area contributed by atoms with Gasteiger partial charge in [-0.1, -0.05) is 13.3 Å². The van der Waals surface area contributed by atoms with Gasteiger partial charge in [-0.05, 0) is 48.2 Å². The van der Waals surface area contributed by atoms with Crippen LogP contribution in [0.3, 0.4) is 0 Å². The van der Waals surface area contributed by atoms with Crippen LogP contribution in [-0.4, -0.2) is 43.1 Å². The van der Waals surface area contributed by atoms with Gasteiger partial charge in [0.05, 0.1) is 25.2 Å². The molecule has 8 heteroatoms. The molecule has 3 rings (SSSR count). The van der Waals surface area contributed by atoms with Gasteiger partial charge in [0, 0.05) is 25.1 Å². The van der Waals surface area contributed by atoms with Crippen molar-refractivity contribution in [1.82, 2.24) is 4.90 Å². The summed E-state index contributed by atoms with van der Waals surface area (Å²) in [6, 6.07) is 9.53. The molecule has 166 valence electrons. The summed E-state index contributed by atoms with van der Waals surface area (Å²) in [5.74, 6) is 1.87. The number of hydrogen-bond donors (Lipinski definition) is 0. The molecule has 0 N–H and O–H groups in total. The predicted octanol–water partition coefficient (Wildman–Crippen LogP) is 4.31. The number of benzene rings is 2. The smallest absolute Gasteiger partial charge is 0.269 e. The first kappa shape index (κ1) is 22.4. The molecule has 0 fully saturated rings. The molecule has 2 aromatic carbocycles. The molecule has 8 nitrogen and oxygen atoms in total. The SMILES string of the molecule is CCCCC(=O)N1CCc2cc(OC)c(OC)cc2[C@@H]1COc1ccc([N+](=O)[O-])cc1. The summed E-state index contributed by atoms with van der Waals surface area (Å²) in [5.41, 5.74) is 2.06. The summed E-state index contributed by atoms with van der Waals surface area (Å²) in [6.07, 6.45) is 3.00. The monoisotopic (exact) mass is 428 g/mol. The molecule has 0 aromatic heterocycles. The number of methoxy groups -OCH3 is 2. The largest absolute Gasteiger partial charge is 0.493 e. The van der Waals surface area contributed by atoms with Crippen molar-refractivity contribution in [2.24, 2.45) is 0 Å². The molecule has 1 heterocycles. The van der Waals surface area contributed by atoms with Crippen LogP contribution >= 0.6 is 0 Å². The van der Waals surface area contributed by atoms with Crippen LogP contribution in [0, 0.1) is 10.1 Å². The Morgan fingerprint density at radius 3 is 2.45 bits per heavy atom. The maximum atomic E-state index is 12.9. The van der Waals surface area contributed by atoms with Gasteiger partial charge in [0.25, 0.3) is 5.69 Å². The fourth-order valence-electron chi connectivity index (χ4n) is 3.82. The van der Waals surface area contributed by atoms with E-state index in [1.54, 1.807) is 26.4 Å². The first-order chi connectivity index (χ1) is 15.0. The van der Waals surface area contributed by atoms with Gasteiger partial charge in [0.2, 0.25) is 5.91 Å². The molecule has 1 atom stereocenters. The number of nitro groups is 1. The molecule has 0 radical (unpaired) electrons. The topological polar surface area (TPSA) is 91.1 Å². The number of carbonyl (C=O) groups is 1. The van der Waals surface area contributed by atoms with Crippen LogP contribution in [0.5, 0.6) is 17.2 Å². The standard InChI is InChI=1S/C23H28N2O6/c1-4-5-6-23(26)24-12-11-16-13-21(29-2)22(30-3)14-19(16)20(24)15-31-18-9-7-17(8-10-18)25(27)28/h7-10,13-14,20H,4-6,11-12,15H2,1-3H3/t20-/m0/s1. The summed E-state index contributed by atoms with van der Waals surface area (Å²) in [4.78, 5) is 25.2. The summed E-state index contributed by atoms with van der Waals surface area (Å²) in [5, 5.41) is 10.9. The summed E-state index contributed by atoms with van der Waals surface area (Å²) >= 11 is 0. The second-order valence-corrected chi connectivity index (χ2v) is 7.42. The molecule has 0 bridgehead atoms. The molecule has 1 aliphatic heterocycles. The third-order valence-corrected chi connectivity index (χ3v) is 5.52. The second-order valence-electron chi connectivity index (χ2n) is 7.42. The molecular weight excluding hydrogens is 400 g/mol. The fraction of sp³-hybridized carbons (Fsp3) is 0.435. The van der Waals surface area contributed by atoms with E-state index in [1.165, 1.54) is 12.1 Å². The highest BCUT2D eigenvalue weighted by Crippen LogP contribution is 2.38. The molecular formula is C23H28N2O6. The fourth-order valence-corrected chi connectivity index (χ4v) is 3.82. The number of rotatable bonds is 9. The lowest BCUT2D eigenvalue weighted by molar-refractivity contribution is -0.384. The number of unbranched alkanes of at least 4 members (excludes halogenated alkanes) is 1. The molecule has 0 unspecified atom stereocenters. The van der Waals surface area contributed by atoms with Crippen LogP contribution in [0.2, 0.25) is 0 Å². The highest BCUT2D eigenvalue weighted by Gasteiger charge is 2.32. The molecule has 0 spiro atoms. The van der Waals surface area contributed by atoms with Gasteiger partial charge in [-0.15, -0.1) is 0 Å². The second kappa shape index (κ2) is 10.1. The van der Waals surface area contributed by atoms with E-state index < -0.39 is 4.92 Å². The van der Waals surface area contributed by atoms with E-state index in [-0.39, 0.29) is 24.2 Å². The summed E-state index contributed by atoms with van der Waals surface area (Å²) in [7, 11) is 3.18. The van der Waals surface area contributed by atoms with Crippen LogP contribution in [-0.2, 0) is 11.2 Å². The van der Waals surface area contributed by atoms with E-state index in [2.05, 4.69) is 6.92 Å². The zero-order valence-electron chi connectivity index (χ0n) is 18.1. The third kappa shape index (κ3) is 5.07. The van der Waals surface area contributed by atoms with Crippen molar-refractivity contribution in [2.45, 2.75) is 38.6 Å². The Labute approximate surface area is 181 Å². The molecule has 0 saturated heterocycles. The van der Waals surface area contributed by atoms with Crippen LogP contribution in [0.15, 0.2) is 36.4 Å². The average molecular weight is 428 g/mol. The minimum atomic E-state index is -0.449. The van der Waals surface area contributed by atoms with E-state index in [1.807, 2.05) is 17.0 Å². The third-order valence-electron chi connectivity index (χ3n) is 5.52. The van der Waals surface area contributed by atoms with Gasteiger partial charge in [-0.3, -0.25) is 14.9 Å².